The molecule has 1 atom stereocenters. The van der Waals surface area contributed by atoms with Crippen LogP contribution in [0.25, 0.3) is 0 Å². The van der Waals surface area contributed by atoms with E-state index in [1.165, 1.54) is 0 Å². The van der Waals surface area contributed by atoms with Gasteiger partial charge in [-0.15, -0.1) is 0 Å². The fraction of sp³-hybridized carbons (Fsp3) is 0.304. The summed E-state index contributed by atoms with van der Waals surface area (Å²) in [7, 11) is 1.59. The Morgan fingerprint density at radius 3 is 2.39 bits per heavy atom. The molecule has 4 amide bonds. The lowest BCUT2D eigenvalue weighted by molar-refractivity contribution is -0.133. The summed E-state index contributed by atoms with van der Waals surface area (Å²) in [6.07, 6.45) is 1.27. The molecule has 8 heteroatoms. The Kier molecular flexibility index (Phi) is 6.55. The number of hydrogen-bond acceptors (Lipinski definition) is 5. The van der Waals surface area contributed by atoms with Crippen molar-refractivity contribution in [3.05, 3.63) is 59.7 Å². The first-order chi connectivity index (χ1) is 14.8. The fourth-order valence-electron chi connectivity index (χ4n) is 3.39. The third kappa shape index (κ3) is 5.20. The number of hydrogen-bond donors (Lipinski definition) is 2. The van der Waals surface area contributed by atoms with Crippen molar-refractivity contribution in [2.75, 3.05) is 19.0 Å². The van der Waals surface area contributed by atoms with Crippen LogP contribution >= 0.6 is 0 Å². The van der Waals surface area contributed by atoms with Crippen LogP contribution < -0.4 is 15.4 Å². The summed E-state index contributed by atoms with van der Waals surface area (Å²) in [4.78, 5) is 38.6. The highest BCUT2D eigenvalue weighted by Crippen LogP contribution is 2.24. The van der Waals surface area contributed by atoms with Gasteiger partial charge in [0.15, 0.2) is 0 Å². The van der Waals surface area contributed by atoms with E-state index in [1.807, 2.05) is 24.3 Å². The zero-order valence-corrected chi connectivity index (χ0v) is 17.5. The zero-order valence-electron chi connectivity index (χ0n) is 17.5. The van der Waals surface area contributed by atoms with Crippen LogP contribution in [0.1, 0.15) is 24.5 Å². The average molecular weight is 420 g/mol. The topological polar surface area (TPSA) is 112 Å². The first-order valence-electron chi connectivity index (χ1n) is 9.87. The van der Waals surface area contributed by atoms with Gasteiger partial charge in [-0.3, -0.25) is 14.5 Å². The summed E-state index contributed by atoms with van der Waals surface area (Å²) in [5, 5.41) is 14.1. The molecule has 0 aliphatic carbocycles. The number of nitriles is 1. The average Bonchev–Trinajstić information content (AvgIpc) is 2.97. The highest BCUT2D eigenvalue weighted by Gasteiger charge is 2.47. The van der Waals surface area contributed by atoms with Gasteiger partial charge < -0.3 is 15.4 Å². The Bertz CT molecular complexity index is 1010. The highest BCUT2D eigenvalue weighted by molar-refractivity contribution is 6.09. The van der Waals surface area contributed by atoms with Crippen LogP contribution in [-0.4, -0.2) is 41.9 Å². The number of rotatable bonds is 8. The van der Waals surface area contributed by atoms with E-state index in [0.29, 0.717) is 18.5 Å². The van der Waals surface area contributed by atoms with Crippen molar-refractivity contribution in [1.82, 2.24) is 10.2 Å². The molecule has 0 radical (unpaired) electrons. The Morgan fingerprint density at radius 2 is 1.77 bits per heavy atom. The summed E-state index contributed by atoms with van der Waals surface area (Å²) in [6.45, 7) is 1.30. The second-order valence-corrected chi connectivity index (χ2v) is 7.58. The molecule has 3 rings (SSSR count). The molecule has 0 unspecified atom stereocenters. The van der Waals surface area contributed by atoms with E-state index in [2.05, 4.69) is 16.7 Å². The lowest BCUT2D eigenvalue weighted by Gasteiger charge is -2.21. The number of carbonyl (C=O) groups excluding carboxylic acids is 3. The number of anilines is 1. The Balaban J connectivity index is 1.58. The van der Waals surface area contributed by atoms with Gasteiger partial charge in [-0.05, 0) is 55.2 Å². The minimum absolute atomic E-state index is 0.284. The molecule has 0 aromatic heterocycles. The molecule has 8 nitrogen and oxygen atoms in total. The Morgan fingerprint density at radius 1 is 1.13 bits per heavy atom. The Hall–Kier alpha value is -3.86. The molecule has 1 aliphatic heterocycles. The third-order valence-corrected chi connectivity index (χ3v) is 5.24. The molecule has 0 bridgehead atoms. The van der Waals surface area contributed by atoms with E-state index >= 15 is 0 Å². The van der Waals surface area contributed by atoms with Gasteiger partial charge in [0.25, 0.3) is 5.91 Å². The Labute approximate surface area is 180 Å². The molecular formula is C23H24N4O4. The fourth-order valence-corrected chi connectivity index (χ4v) is 3.39. The lowest BCUT2D eigenvalue weighted by atomic mass is 9.93. The first kappa shape index (κ1) is 21.8. The van der Waals surface area contributed by atoms with Crippen LogP contribution in [0.5, 0.6) is 5.75 Å². The van der Waals surface area contributed by atoms with Gasteiger partial charge in [0.1, 0.15) is 17.8 Å². The number of benzene rings is 2. The number of amides is 4. The lowest BCUT2D eigenvalue weighted by Crippen LogP contribution is -2.45. The van der Waals surface area contributed by atoms with E-state index in [4.69, 9.17) is 10.00 Å². The quantitative estimate of drug-likeness (QED) is 0.638. The monoisotopic (exact) mass is 420 g/mol. The standard InChI is InChI=1S/C23H24N4O4/c1-23(13-11-16-5-9-19(31-2)10-6-16)21(29)27(22(30)26-23)15-20(28)25-18-7-3-17(4-8-18)12-14-24/h3-10H,11-13,15H2,1-2H3,(H,25,28)(H,26,30)/t23-/m0/s1. The van der Waals surface area contributed by atoms with Gasteiger partial charge in [0.2, 0.25) is 5.91 Å². The smallest absolute Gasteiger partial charge is 0.325 e. The molecule has 0 saturated carbocycles. The molecule has 0 spiro atoms. The van der Waals surface area contributed by atoms with Gasteiger partial charge in [-0.25, -0.2) is 4.79 Å². The number of imide groups is 1. The van der Waals surface area contributed by atoms with Crippen molar-refractivity contribution in [3.8, 4) is 11.8 Å². The molecule has 1 aliphatic rings. The SMILES string of the molecule is COc1ccc(CC[C@]2(C)NC(=O)N(CC(=O)Nc3ccc(CC#N)cc3)C2=O)cc1. The molecule has 31 heavy (non-hydrogen) atoms. The third-order valence-electron chi connectivity index (χ3n) is 5.24. The minimum Gasteiger partial charge on any atom is -0.497 e. The second-order valence-electron chi connectivity index (χ2n) is 7.58. The van der Waals surface area contributed by atoms with Crippen molar-refractivity contribution < 1.29 is 19.1 Å². The van der Waals surface area contributed by atoms with Crippen LogP contribution in [0.2, 0.25) is 0 Å². The number of urea groups is 1. The largest absolute Gasteiger partial charge is 0.497 e. The van der Waals surface area contributed by atoms with Crippen molar-refractivity contribution >= 4 is 23.5 Å². The van der Waals surface area contributed by atoms with E-state index < -0.39 is 23.4 Å². The number of nitrogens with zero attached hydrogens (tertiary/aromatic N) is 2. The molecule has 2 N–H and O–H groups in total. The minimum atomic E-state index is -1.07. The highest BCUT2D eigenvalue weighted by atomic mass is 16.5. The molecule has 1 fully saturated rings. The van der Waals surface area contributed by atoms with Crippen LogP contribution in [0.3, 0.4) is 0 Å². The summed E-state index contributed by atoms with van der Waals surface area (Å²) < 4.78 is 5.14. The van der Waals surface area contributed by atoms with Gasteiger partial charge in [0, 0.05) is 5.69 Å². The van der Waals surface area contributed by atoms with Crippen molar-refractivity contribution in [2.45, 2.75) is 31.7 Å². The van der Waals surface area contributed by atoms with Crippen LogP contribution in [0.15, 0.2) is 48.5 Å². The van der Waals surface area contributed by atoms with Gasteiger partial charge >= 0.3 is 6.03 Å². The second kappa shape index (κ2) is 9.30. The van der Waals surface area contributed by atoms with Gasteiger partial charge in [-0.1, -0.05) is 24.3 Å². The van der Waals surface area contributed by atoms with Crippen molar-refractivity contribution in [3.63, 3.8) is 0 Å². The predicted octanol–water partition coefficient (Wildman–Crippen LogP) is 2.64. The molecule has 1 heterocycles. The molecule has 2 aromatic rings. The van der Waals surface area contributed by atoms with Crippen LogP contribution in [0.4, 0.5) is 10.5 Å². The summed E-state index contributed by atoms with van der Waals surface area (Å²) in [5.74, 6) is -0.154. The normalized spacial score (nSPS) is 17.8. The summed E-state index contributed by atoms with van der Waals surface area (Å²) in [6, 6.07) is 15.8. The van der Waals surface area contributed by atoms with E-state index in [9.17, 15) is 14.4 Å². The predicted molar refractivity (Wildman–Crippen MR) is 114 cm³/mol. The zero-order chi connectivity index (χ0) is 22.4. The summed E-state index contributed by atoms with van der Waals surface area (Å²) in [5.41, 5.74) is 1.30. The van der Waals surface area contributed by atoms with Crippen molar-refractivity contribution in [1.29, 1.82) is 5.26 Å². The maximum atomic E-state index is 12.9. The number of aryl methyl sites for hydroxylation is 1. The van der Waals surface area contributed by atoms with E-state index in [0.717, 1.165) is 21.8 Å². The van der Waals surface area contributed by atoms with Crippen LogP contribution in [0, 0.1) is 11.3 Å². The maximum absolute atomic E-state index is 12.9. The molecule has 2 aromatic carbocycles. The van der Waals surface area contributed by atoms with Gasteiger partial charge in [-0.2, -0.15) is 5.26 Å². The van der Waals surface area contributed by atoms with Gasteiger partial charge in [0.05, 0.1) is 19.6 Å². The van der Waals surface area contributed by atoms with E-state index in [1.54, 1.807) is 38.3 Å². The molecule has 160 valence electrons. The van der Waals surface area contributed by atoms with E-state index in [-0.39, 0.29) is 13.0 Å². The number of carbonyl (C=O) groups is 3. The number of nitrogens with one attached hydrogen (secondary N) is 2. The number of methoxy groups -OCH3 is 1. The molecular weight excluding hydrogens is 396 g/mol. The summed E-state index contributed by atoms with van der Waals surface area (Å²) >= 11 is 0. The maximum Gasteiger partial charge on any atom is 0.325 e. The van der Waals surface area contributed by atoms with Crippen molar-refractivity contribution in [2.24, 2.45) is 0 Å². The van der Waals surface area contributed by atoms with Crippen LogP contribution in [-0.2, 0) is 22.4 Å². The molecule has 1 saturated heterocycles. The number of ether oxygens (including phenoxy) is 1. The first-order valence-corrected chi connectivity index (χ1v) is 9.87.